The molecule has 0 amide bonds. The summed E-state index contributed by atoms with van der Waals surface area (Å²) in [6.07, 6.45) is 5.93. The van der Waals surface area contributed by atoms with Crippen molar-refractivity contribution in [3.05, 3.63) is 12.7 Å². The molecule has 0 heterocycles. The molecule has 0 atom stereocenters. The van der Waals surface area contributed by atoms with Gasteiger partial charge in [-0.1, -0.05) is 6.08 Å². The molecule has 0 nitrogen and oxygen atoms in total. The summed E-state index contributed by atoms with van der Waals surface area (Å²) in [6, 6.07) is 0. The Kier molecular flexibility index (Phi) is 5.42. The fourth-order valence-corrected chi connectivity index (χ4v) is 1.37. The molecule has 0 radical (unpaired) electrons. The van der Waals surface area contributed by atoms with Crippen molar-refractivity contribution in [3.63, 3.8) is 0 Å². The highest BCUT2D eigenvalue weighted by atomic mass is 31.1. The van der Waals surface area contributed by atoms with E-state index in [1.807, 2.05) is 6.08 Å². The predicted molar refractivity (Wildman–Crippen MR) is 43.1 cm³/mol. The van der Waals surface area contributed by atoms with E-state index in [1.54, 1.807) is 0 Å². The lowest BCUT2D eigenvalue weighted by Crippen LogP contribution is -1.78. The van der Waals surface area contributed by atoms with Crippen molar-refractivity contribution in [1.82, 2.24) is 0 Å². The SMILES string of the molecule is C=CCCCP(C)C. The smallest absolute Gasteiger partial charge is 0.0328 e. The first-order chi connectivity index (χ1) is 3.77. The largest absolute Gasteiger partial charge is 0.113 e. The second kappa shape index (κ2) is 5.31. The van der Waals surface area contributed by atoms with Gasteiger partial charge in [0.05, 0.1) is 0 Å². The predicted octanol–water partition coefficient (Wildman–Crippen LogP) is 2.69. The van der Waals surface area contributed by atoms with Crippen LogP contribution >= 0.6 is 7.92 Å². The van der Waals surface area contributed by atoms with Crippen LogP contribution < -0.4 is 0 Å². The fraction of sp³-hybridized carbons (Fsp3) is 0.714. The van der Waals surface area contributed by atoms with E-state index in [0.717, 1.165) is 0 Å². The van der Waals surface area contributed by atoms with Crippen LogP contribution in [-0.4, -0.2) is 19.5 Å². The molecule has 0 unspecified atom stereocenters. The highest BCUT2D eigenvalue weighted by Gasteiger charge is 1.88. The van der Waals surface area contributed by atoms with E-state index in [1.165, 1.54) is 19.0 Å². The van der Waals surface area contributed by atoms with E-state index in [-0.39, 0.29) is 0 Å². The summed E-state index contributed by atoms with van der Waals surface area (Å²) < 4.78 is 0. The van der Waals surface area contributed by atoms with Gasteiger partial charge in [0.1, 0.15) is 0 Å². The minimum absolute atomic E-state index is 0.340. The van der Waals surface area contributed by atoms with E-state index in [4.69, 9.17) is 0 Å². The Morgan fingerprint density at radius 3 is 2.50 bits per heavy atom. The van der Waals surface area contributed by atoms with Gasteiger partial charge in [0.15, 0.2) is 0 Å². The quantitative estimate of drug-likeness (QED) is 0.312. The molecule has 0 bridgehead atoms. The third-order valence-electron chi connectivity index (χ3n) is 1.01. The van der Waals surface area contributed by atoms with Gasteiger partial charge in [-0.05, 0) is 32.3 Å². The lowest BCUT2D eigenvalue weighted by atomic mass is 10.3. The second-order valence-electron chi connectivity index (χ2n) is 2.23. The van der Waals surface area contributed by atoms with Crippen LogP contribution in [0.25, 0.3) is 0 Å². The van der Waals surface area contributed by atoms with Crippen molar-refractivity contribution < 1.29 is 0 Å². The lowest BCUT2D eigenvalue weighted by molar-refractivity contribution is 0.969. The molecule has 0 aromatic rings. The van der Waals surface area contributed by atoms with Gasteiger partial charge in [-0.3, -0.25) is 0 Å². The van der Waals surface area contributed by atoms with E-state index in [0.29, 0.717) is 7.92 Å². The summed E-state index contributed by atoms with van der Waals surface area (Å²) >= 11 is 0. The van der Waals surface area contributed by atoms with Crippen LogP contribution in [0.5, 0.6) is 0 Å². The maximum atomic E-state index is 3.66. The Morgan fingerprint density at radius 2 is 2.12 bits per heavy atom. The Labute approximate surface area is 53.7 Å². The van der Waals surface area contributed by atoms with E-state index in [2.05, 4.69) is 19.9 Å². The van der Waals surface area contributed by atoms with Crippen LogP contribution in [0.1, 0.15) is 12.8 Å². The summed E-state index contributed by atoms with van der Waals surface area (Å²) in [6.45, 7) is 8.30. The molecule has 0 aliphatic carbocycles. The summed E-state index contributed by atoms with van der Waals surface area (Å²) in [4.78, 5) is 0. The summed E-state index contributed by atoms with van der Waals surface area (Å²) in [7, 11) is 0.340. The molecular weight excluding hydrogens is 115 g/mol. The molecule has 0 fully saturated rings. The molecule has 48 valence electrons. The molecule has 0 N–H and O–H groups in total. The van der Waals surface area contributed by atoms with Gasteiger partial charge in [0, 0.05) is 0 Å². The first kappa shape index (κ1) is 8.17. The molecule has 1 heteroatoms. The molecule has 0 saturated carbocycles. The van der Waals surface area contributed by atoms with Crippen LogP contribution in [0.2, 0.25) is 0 Å². The normalized spacial score (nSPS) is 9.88. The Balaban J connectivity index is 2.81. The van der Waals surface area contributed by atoms with E-state index in [9.17, 15) is 0 Å². The van der Waals surface area contributed by atoms with Crippen LogP contribution in [0.4, 0.5) is 0 Å². The van der Waals surface area contributed by atoms with Gasteiger partial charge in [-0.25, -0.2) is 0 Å². The molecule has 0 aromatic carbocycles. The number of allylic oxidation sites excluding steroid dienone is 1. The van der Waals surface area contributed by atoms with Crippen molar-refractivity contribution in [1.29, 1.82) is 0 Å². The van der Waals surface area contributed by atoms with Crippen LogP contribution in [0, 0.1) is 0 Å². The summed E-state index contributed by atoms with van der Waals surface area (Å²) in [5.74, 6) is 0. The molecule has 8 heavy (non-hydrogen) atoms. The zero-order chi connectivity index (χ0) is 6.41. The van der Waals surface area contributed by atoms with Crippen molar-refractivity contribution >= 4 is 7.92 Å². The van der Waals surface area contributed by atoms with Crippen LogP contribution in [0.3, 0.4) is 0 Å². The zero-order valence-corrected chi connectivity index (χ0v) is 6.75. The van der Waals surface area contributed by atoms with Gasteiger partial charge in [0.25, 0.3) is 0 Å². The van der Waals surface area contributed by atoms with Gasteiger partial charge in [-0.15, -0.1) is 14.5 Å². The highest BCUT2D eigenvalue weighted by molar-refractivity contribution is 7.55. The van der Waals surface area contributed by atoms with E-state index < -0.39 is 0 Å². The molecule has 0 aromatic heterocycles. The molecule has 0 aliphatic heterocycles. The first-order valence-corrected chi connectivity index (χ1v) is 5.45. The number of hydrogen-bond acceptors (Lipinski definition) is 0. The Bertz CT molecular complexity index is 57.4. The number of rotatable bonds is 4. The van der Waals surface area contributed by atoms with E-state index >= 15 is 0 Å². The van der Waals surface area contributed by atoms with Gasteiger partial charge in [0.2, 0.25) is 0 Å². The summed E-state index contributed by atoms with van der Waals surface area (Å²) in [5.41, 5.74) is 0. The molecule has 0 rings (SSSR count). The third kappa shape index (κ3) is 6.17. The first-order valence-electron chi connectivity index (χ1n) is 3.03. The maximum Gasteiger partial charge on any atom is -0.0328 e. The second-order valence-corrected chi connectivity index (χ2v) is 4.84. The van der Waals surface area contributed by atoms with Gasteiger partial charge < -0.3 is 0 Å². The van der Waals surface area contributed by atoms with Crippen molar-refractivity contribution in [2.24, 2.45) is 0 Å². The Morgan fingerprint density at radius 1 is 1.50 bits per heavy atom. The van der Waals surface area contributed by atoms with Crippen LogP contribution in [0.15, 0.2) is 12.7 Å². The minimum atomic E-state index is 0.340. The standard InChI is InChI=1S/C7H15P/c1-4-5-6-7-8(2)3/h4H,1,5-7H2,2-3H3. The molecule has 0 spiro atoms. The number of unbranched alkanes of at least 4 members (excludes halogenated alkanes) is 1. The minimum Gasteiger partial charge on any atom is -0.113 e. The lowest BCUT2D eigenvalue weighted by Gasteiger charge is -2.00. The highest BCUT2D eigenvalue weighted by Crippen LogP contribution is 2.25. The topological polar surface area (TPSA) is 0 Å². The van der Waals surface area contributed by atoms with Crippen molar-refractivity contribution in [3.8, 4) is 0 Å². The van der Waals surface area contributed by atoms with Gasteiger partial charge >= 0.3 is 0 Å². The molecule has 0 saturated heterocycles. The average Bonchev–Trinajstić information content (AvgIpc) is 1.66. The summed E-state index contributed by atoms with van der Waals surface area (Å²) in [5, 5.41) is 0. The molecular formula is C7H15P. The Hall–Kier alpha value is 0.170. The van der Waals surface area contributed by atoms with Crippen molar-refractivity contribution in [2.75, 3.05) is 19.5 Å². The zero-order valence-electron chi connectivity index (χ0n) is 5.85. The van der Waals surface area contributed by atoms with Crippen LogP contribution in [-0.2, 0) is 0 Å². The average molecular weight is 130 g/mol. The van der Waals surface area contributed by atoms with Gasteiger partial charge in [-0.2, -0.15) is 0 Å². The third-order valence-corrected chi connectivity index (χ3v) is 2.22. The number of hydrogen-bond donors (Lipinski definition) is 0. The maximum absolute atomic E-state index is 3.66. The van der Waals surface area contributed by atoms with Crippen molar-refractivity contribution in [2.45, 2.75) is 12.8 Å². The monoisotopic (exact) mass is 130 g/mol. The fourth-order valence-electron chi connectivity index (χ4n) is 0.552. The molecule has 0 aliphatic rings.